The summed E-state index contributed by atoms with van der Waals surface area (Å²) in [4.78, 5) is 4.93. The molecule has 3 atom stereocenters. The second-order valence-corrected chi connectivity index (χ2v) is 7.04. The number of rotatable bonds is 3. The maximum absolute atomic E-state index is 13.4. The summed E-state index contributed by atoms with van der Waals surface area (Å²) in [5.41, 5.74) is 0. The smallest absolute Gasteiger partial charge is 0.251 e. The number of hydrogen-bond donors (Lipinski definition) is 2. The molecule has 19 heavy (non-hydrogen) atoms. The van der Waals surface area contributed by atoms with E-state index in [0.717, 1.165) is 4.88 Å². The molecule has 3 rings (SSSR count). The van der Waals surface area contributed by atoms with Crippen LogP contribution in [0.3, 0.4) is 0 Å². The van der Waals surface area contributed by atoms with Crippen LogP contribution in [0, 0.1) is 11.8 Å². The van der Waals surface area contributed by atoms with Gasteiger partial charge in [-0.2, -0.15) is 4.98 Å². The van der Waals surface area contributed by atoms with Gasteiger partial charge in [0, 0.05) is 18.4 Å². The van der Waals surface area contributed by atoms with Crippen LogP contribution in [0.4, 0.5) is 13.9 Å². The molecule has 2 N–H and O–H groups in total. The number of hydrogen-bond acceptors (Lipinski definition) is 4. The maximum atomic E-state index is 13.4. The number of nitrogens with zero attached hydrogens (tertiary/aromatic N) is 1. The van der Waals surface area contributed by atoms with Gasteiger partial charge in [-0.05, 0) is 24.7 Å². The van der Waals surface area contributed by atoms with Crippen LogP contribution in [0.25, 0.3) is 0 Å². The average Bonchev–Trinajstić information content (AvgIpc) is 2.91. The van der Waals surface area contributed by atoms with Crippen LogP contribution in [-0.4, -0.2) is 22.1 Å². The Morgan fingerprint density at radius 3 is 2.63 bits per heavy atom. The molecular formula is C13H18F2N2OS. The molecule has 0 amide bonds. The van der Waals surface area contributed by atoms with Gasteiger partial charge in [0.05, 0.1) is 4.88 Å². The summed E-state index contributed by atoms with van der Waals surface area (Å²) in [6.45, 7) is 3.99. The molecule has 1 aromatic rings. The topological polar surface area (TPSA) is 45.2 Å². The third-order valence-electron chi connectivity index (χ3n) is 4.29. The summed E-state index contributed by atoms with van der Waals surface area (Å²) in [5, 5.41) is 13.6. The summed E-state index contributed by atoms with van der Waals surface area (Å²) in [6, 6.07) is 0.0789. The first-order valence-electron chi connectivity index (χ1n) is 6.71. The van der Waals surface area contributed by atoms with Crippen LogP contribution in [0.1, 0.15) is 43.9 Å². The first kappa shape index (κ1) is 13.1. The van der Waals surface area contributed by atoms with Gasteiger partial charge in [0.15, 0.2) is 5.13 Å². The molecule has 2 fully saturated rings. The van der Waals surface area contributed by atoms with Crippen LogP contribution in [-0.2, 0) is 0 Å². The Morgan fingerprint density at radius 1 is 1.42 bits per heavy atom. The van der Waals surface area contributed by atoms with Crippen molar-refractivity contribution in [3.8, 4) is 5.88 Å². The number of halogens is 2. The first-order chi connectivity index (χ1) is 8.87. The molecular weight excluding hydrogens is 270 g/mol. The zero-order valence-electron chi connectivity index (χ0n) is 11.0. The van der Waals surface area contributed by atoms with Crippen LogP contribution >= 0.6 is 11.3 Å². The highest BCUT2D eigenvalue weighted by Gasteiger charge is 2.56. The number of aromatic hydroxyl groups is 1. The van der Waals surface area contributed by atoms with E-state index in [1.807, 2.05) is 13.8 Å². The monoisotopic (exact) mass is 288 g/mol. The van der Waals surface area contributed by atoms with E-state index in [4.69, 9.17) is 0 Å². The van der Waals surface area contributed by atoms with Gasteiger partial charge in [-0.15, -0.1) is 0 Å². The first-order valence-corrected chi connectivity index (χ1v) is 7.52. The van der Waals surface area contributed by atoms with Gasteiger partial charge < -0.3 is 10.4 Å². The predicted octanol–water partition coefficient (Wildman–Crippen LogP) is 3.82. The highest BCUT2D eigenvalue weighted by Crippen LogP contribution is 2.54. The molecule has 2 bridgehead atoms. The molecule has 106 valence electrons. The van der Waals surface area contributed by atoms with E-state index < -0.39 is 11.8 Å². The molecule has 2 saturated carbocycles. The minimum absolute atomic E-state index is 0.0102. The number of fused-ring (bicyclic) bond motifs is 2. The van der Waals surface area contributed by atoms with E-state index in [9.17, 15) is 13.9 Å². The summed E-state index contributed by atoms with van der Waals surface area (Å²) >= 11 is 1.42. The normalized spacial score (nSPS) is 32.2. The van der Waals surface area contributed by atoms with Crippen LogP contribution in [0.2, 0.25) is 0 Å². The Bertz CT molecular complexity index is 489. The van der Waals surface area contributed by atoms with Crippen molar-refractivity contribution in [1.29, 1.82) is 0 Å². The van der Waals surface area contributed by atoms with Crippen molar-refractivity contribution in [3.05, 3.63) is 4.88 Å². The van der Waals surface area contributed by atoms with Crippen LogP contribution in [0.5, 0.6) is 5.88 Å². The molecule has 0 aliphatic heterocycles. The number of aromatic nitrogens is 1. The van der Waals surface area contributed by atoms with Crippen molar-refractivity contribution in [2.45, 2.75) is 51.0 Å². The molecule has 2 aliphatic rings. The quantitative estimate of drug-likeness (QED) is 0.888. The van der Waals surface area contributed by atoms with E-state index in [1.165, 1.54) is 11.3 Å². The predicted molar refractivity (Wildman–Crippen MR) is 71.1 cm³/mol. The van der Waals surface area contributed by atoms with Gasteiger partial charge in [0.2, 0.25) is 5.88 Å². The highest BCUT2D eigenvalue weighted by atomic mass is 32.1. The van der Waals surface area contributed by atoms with Crippen LogP contribution in [0.15, 0.2) is 0 Å². The zero-order chi connectivity index (χ0) is 13.8. The molecule has 1 aromatic heterocycles. The lowest BCUT2D eigenvalue weighted by Gasteiger charge is -2.28. The van der Waals surface area contributed by atoms with Gasteiger partial charge in [-0.1, -0.05) is 25.2 Å². The molecule has 0 saturated heterocycles. The second-order valence-electron chi connectivity index (χ2n) is 6.01. The number of alkyl halides is 2. The molecule has 0 radical (unpaired) electrons. The SMILES string of the molecule is CC(C)c1sc(N[C@H]2C[C@H]3C[C@@H]2CC3(F)F)nc1O. The fourth-order valence-electron chi connectivity index (χ4n) is 3.31. The molecule has 0 unspecified atom stereocenters. The minimum Gasteiger partial charge on any atom is -0.492 e. The lowest BCUT2D eigenvalue weighted by atomic mass is 9.92. The molecule has 2 aliphatic carbocycles. The van der Waals surface area contributed by atoms with Crippen molar-refractivity contribution < 1.29 is 13.9 Å². The Labute approximate surface area is 115 Å². The standard InChI is InChI=1S/C13H18F2N2OS/c1-6(2)10-11(18)17-12(19-10)16-9-4-8-3-7(9)5-13(8,14)15/h6-9,18H,3-5H2,1-2H3,(H,16,17)/t7-,8-,9+/m1/s1. The summed E-state index contributed by atoms with van der Waals surface area (Å²) < 4.78 is 26.9. The van der Waals surface area contributed by atoms with E-state index in [0.29, 0.717) is 18.0 Å². The largest absolute Gasteiger partial charge is 0.492 e. The number of anilines is 1. The average molecular weight is 288 g/mol. The third kappa shape index (κ3) is 2.20. The fourth-order valence-corrected chi connectivity index (χ4v) is 4.23. The summed E-state index contributed by atoms with van der Waals surface area (Å²) in [5.74, 6) is -2.63. The number of nitrogens with one attached hydrogen (secondary N) is 1. The van der Waals surface area contributed by atoms with Gasteiger partial charge in [0.1, 0.15) is 0 Å². The van der Waals surface area contributed by atoms with Crippen LogP contribution < -0.4 is 5.32 Å². The van der Waals surface area contributed by atoms with Gasteiger partial charge in [0.25, 0.3) is 5.92 Å². The van der Waals surface area contributed by atoms with Crippen molar-refractivity contribution in [3.63, 3.8) is 0 Å². The molecule has 6 heteroatoms. The Hall–Kier alpha value is -0.910. The van der Waals surface area contributed by atoms with E-state index in [2.05, 4.69) is 10.3 Å². The molecule has 3 nitrogen and oxygen atoms in total. The van der Waals surface area contributed by atoms with Crippen molar-refractivity contribution in [2.24, 2.45) is 11.8 Å². The highest BCUT2D eigenvalue weighted by molar-refractivity contribution is 7.16. The second kappa shape index (κ2) is 4.30. The Balaban J connectivity index is 1.69. The third-order valence-corrected chi connectivity index (χ3v) is 5.57. The van der Waals surface area contributed by atoms with Gasteiger partial charge in [-0.25, -0.2) is 8.78 Å². The number of thiazole rings is 1. The van der Waals surface area contributed by atoms with E-state index >= 15 is 0 Å². The van der Waals surface area contributed by atoms with Crippen molar-refractivity contribution >= 4 is 16.5 Å². The minimum atomic E-state index is -2.48. The van der Waals surface area contributed by atoms with E-state index in [1.54, 1.807) is 0 Å². The van der Waals surface area contributed by atoms with Crippen molar-refractivity contribution in [2.75, 3.05) is 5.32 Å². The van der Waals surface area contributed by atoms with Gasteiger partial charge in [-0.3, -0.25) is 0 Å². The Kier molecular flexibility index (Phi) is 2.96. The Morgan fingerprint density at radius 2 is 2.16 bits per heavy atom. The summed E-state index contributed by atoms with van der Waals surface area (Å²) in [7, 11) is 0. The fraction of sp³-hybridized carbons (Fsp3) is 0.769. The zero-order valence-corrected chi connectivity index (χ0v) is 11.8. The molecule has 0 spiro atoms. The molecule has 0 aromatic carbocycles. The maximum Gasteiger partial charge on any atom is 0.251 e. The molecule has 1 heterocycles. The van der Waals surface area contributed by atoms with Crippen molar-refractivity contribution in [1.82, 2.24) is 4.98 Å². The summed E-state index contributed by atoms with van der Waals surface area (Å²) in [6.07, 6.45) is 1.11. The van der Waals surface area contributed by atoms with Gasteiger partial charge >= 0.3 is 0 Å². The van der Waals surface area contributed by atoms with E-state index in [-0.39, 0.29) is 30.2 Å². The lowest BCUT2D eigenvalue weighted by Crippen LogP contribution is -2.34. The lowest BCUT2D eigenvalue weighted by molar-refractivity contribution is -0.0531.